The van der Waals surface area contributed by atoms with E-state index < -0.39 is 17.7 Å². The van der Waals surface area contributed by atoms with E-state index in [1.165, 1.54) is 36.6 Å². The molecule has 0 spiro atoms. The number of imide groups is 1. The van der Waals surface area contributed by atoms with Crippen LogP contribution in [0.3, 0.4) is 0 Å². The minimum atomic E-state index is -0.466. The Kier molecular flexibility index (Phi) is 4.19. The first-order chi connectivity index (χ1) is 13.4. The smallest absolute Gasteiger partial charge is 0.261 e. The van der Waals surface area contributed by atoms with Gasteiger partial charge in [0.25, 0.3) is 17.7 Å². The van der Waals surface area contributed by atoms with Gasteiger partial charge < -0.3 is 14.8 Å². The molecule has 0 unspecified atom stereocenters. The number of aryl methyl sites for hydroxylation is 1. The summed E-state index contributed by atoms with van der Waals surface area (Å²) in [6.45, 7) is 1.79. The van der Waals surface area contributed by atoms with Crippen molar-refractivity contribution in [3.05, 3.63) is 82.8 Å². The van der Waals surface area contributed by atoms with Gasteiger partial charge in [-0.1, -0.05) is 0 Å². The van der Waals surface area contributed by atoms with Crippen molar-refractivity contribution in [1.82, 2.24) is 4.90 Å². The monoisotopic (exact) mass is 376 g/mol. The average Bonchev–Trinajstić information content (AvgIpc) is 3.27. The maximum absolute atomic E-state index is 12.7. The highest BCUT2D eigenvalue weighted by atomic mass is 16.3. The summed E-state index contributed by atoms with van der Waals surface area (Å²) in [7, 11) is 0. The van der Waals surface area contributed by atoms with Crippen molar-refractivity contribution in [2.24, 2.45) is 0 Å². The lowest BCUT2D eigenvalue weighted by molar-refractivity contribution is 0.0631. The number of aromatic hydroxyl groups is 1. The van der Waals surface area contributed by atoms with Gasteiger partial charge in [0.1, 0.15) is 11.5 Å². The summed E-state index contributed by atoms with van der Waals surface area (Å²) in [6.07, 6.45) is 1.47. The van der Waals surface area contributed by atoms with E-state index in [0.29, 0.717) is 17.0 Å². The van der Waals surface area contributed by atoms with E-state index in [4.69, 9.17) is 4.42 Å². The molecular formula is C21H16N2O5. The minimum absolute atomic E-state index is 0.0353. The Morgan fingerprint density at radius 2 is 1.86 bits per heavy atom. The first kappa shape index (κ1) is 17.5. The molecule has 0 aliphatic carbocycles. The van der Waals surface area contributed by atoms with Crippen LogP contribution in [0.1, 0.15) is 42.4 Å². The van der Waals surface area contributed by atoms with Crippen molar-refractivity contribution in [2.75, 3.05) is 5.32 Å². The van der Waals surface area contributed by atoms with Gasteiger partial charge in [-0.3, -0.25) is 19.3 Å². The fourth-order valence-electron chi connectivity index (χ4n) is 3.12. The number of carbonyl (C=O) groups excluding carboxylic acids is 3. The van der Waals surface area contributed by atoms with Crippen LogP contribution in [-0.2, 0) is 6.54 Å². The van der Waals surface area contributed by atoms with Gasteiger partial charge in [-0.25, -0.2) is 0 Å². The zero-order valence-corrected chi connectivity index (χ0v) is 14.9. The molecule has 0 bridgehead atoms. The SMILES string of the molecule is Cc1cc(O)ccc1NC(=O)c1ccc2c(c1)C(=O)N(Cc1ccco1)C2=O. The van der Waals surface area contributed by atoms with Crippen LogP contribution in [0.25, 0.3) is 0 Å². The molecule has 0 saturated carbocycles. The van der Waals surface area contributed by atoms with Gasteiger partial charge in [-0.05, 0) is 61.0 Å². The van der Waals surface area contributed by atoms with E-state index >= 15 is 0 Å². The van der Waals surface area contributed by atoms with Gasteiger partial charge >= 0.3 is 0 Å². The number of amides is 3. The van der Waals surface area contributed by atoms with Crippen molar-refractivity contribution in [2.45, 2.75) is 13.5 Å². The van der Waals surface area contributed by atoms with Crippen LogP contribution < -0.4 is 5.32 Å². The van der Waals surface area contributed by atoms with Crippen LogP contribution in [0.2, 0.25) is 0 Å². The molecule has 0 fully saturated rings. The van der Waals surface area contributed by atoms with E-state index in [9.17, 15) is 19.5 Å². The third-order valence-electron chi connectivity index (χ3n) is 4.59. The molecule has 2 N–H and O–H groups in total. The normalized spacial score (nSPS) is 13.0. The molecule has 1 aliphatic heterocycles. The molecule has 7 nitrogen and oxygen atoms in total. The average molecular weight is 376 g/mol. The lowest BCUT2D eigenvalue weighted by Crippen LogP contribution is -2.28. The van der Waals surface area contributed by atoms with Crippen LogP contribution in [0.5, 0.6) is 5.75 Å². The largest absolute Gasteiger partial charge is 0.508 e. The molecule has 3 amide bonds. The number of rotatable bonds is 4. The topological polar surface area (TPSA) is 99.8 Å². The fourth-order valence-corrected chi connectivity index (χ4v) is 3.12. The summed E-state index contributed by atoms with van der Waals surface area (Å²) in [5, 5.41) is 12.2. The molecule has 7 heteroatoms. The quantitative estimate of drug-likeness (QED) is 0.537. The van der Waals surface area contributed by atoms with E-state index in [1.54, 1.807) is 25.1 Å². The predicted octanol–water partition coefficient (Wildman–Crippen LogP) is 3.34. The van der Waals surface area contributed by atoms with Crippen molar-refractivity contribution in [3.63, 3.8) is 0 Å². The number of nitrogens with one attached hydrogen (secondary N) is 1. The van der Waals surface area contributed by atoms with E-state index in [1.807, 2.05) is 0 Å². The Bertz CT molecular complexity index is 1100. The Hall–Kier alpha value is -3.87. The lowest BCUT2D eigenvalue weighted by Gasteiger charge is -2.11. The number of carbonyl (C=O) groups is 3. The van der Waals surface area contributed by atoms with Gasteiger partial charge in [-0.2, -0.15) is 0 Å². The second-order valence-electron chi connectivity index (χ2n) is 6.49. The maximum atomic E-state index is 12.7. The number of benzene rings is 2. The Balaban J connectivity index is 1.58. The number of furan rings is 1. The van der Waals surface area contributed by atoms with Crippen LogP contribution in [0.4, 0.5) is 5.69 Å². The van der Waals surface area contributed by atoms with Gasteiger partial charge in [-0.15, -0.1) is 0 Å². The molecule has 1 aliphatic rings. The molecule has 4 rings (SSSR count). The van der Waals surface area contributed by atoms with E-state index in [2.05, 4.69) is 5.32 Å². The standard InChI is InChI=1S/C21H16N2O5/c1-12-9-14(24)5-7-18(12)22-19(25)13-4-6-16-17(10-13)21(27)23(20(16)26)11-15-3-2-8-28-15/h2-10,24H,11H2,1H3,(H,22,25). The molecule has 2 aromatic carbocycles. The second-order valence-corrected chi connectivity index (χ2v) is 6.49. The first-order valence-corrected chi connectivity index (χ1v) is 8.57. The highest BCUT2D eigenvalue weighted by Gasteiger charge is 2.36. The Labute approximate surface area is 160 Å². The minimum Gasteiger partial charge on any atom is -0.508 e. The van der Waals surface area contributed by atoms with Crippen molar-refractivity contribution in [1.29, 1.82) is 0 Å². The van der Waals surface area contributed by atoms with Crippen molar-refractivity contribution >= 4 is 23.4 Å². The van der Waals surface area contributed by atoms with Crippen molar-refractivity contribution in [3.8, 4) is 5.75 Å². The summed E-state index contributed by atoms with van der Waals surface area (Å²) in [5.74, 6) is -0.699. The molecule has 140 valence electrons. The number of anilines is 1. The van der Waals surface area contributed by atoms with E-state index in [0.717, 1.165) is 4.90 Å². The molecular weight excluding hydrogens is 360 g/mol. The number of nitrogens with zero attached hydrogens (tertiary/aromatic N) is 1. The Morgan fingerprint density at radius 3 is 2.57 bits per heavy atom. The molecule has 0 radical (unpaired) electrons. The van der Waals surface area contributed by atoms with Crippen LogP contribution in [-0.4, -0.2) is 27.7 Å². The summed E-state index contributed by atoms with van der Waals surface area (Å²) in [4.78, 5) is 38.9. The molecule has 3 aromatic rings. The fraction of sp³-hybridized carbons (Fsp3) is 0.0952. The lowest BCUT2D eigenvalue weighted by atomic mass is 10.0. The highest BCUT2D eigenvalue weighted by molar-refractivity contribution is 6.22. The first-order valence-electron chi connectivity index (χ1n) is 8.57. The Morgan fingerprint density at radius 1 is 1.07 bits per heavy atom. The summed E-state index contributed by atoms with van der Waals surface area (Å²) >= 11 is 0. The van der Waals surface area contributed by atoms with Crippen LogP contribution >= 0.6 is 0 Å². The van der Waals surface area contributed by atoms with Crippen LogP contribution in [0.15, 0.2) is 59.2 Å². The van der Waals surface area contributed by atoms with Gasteiger partial charge in [0.2, 0.25) is 0 Å². The van der Waals surface area contributed by atoms with Gasteiger partial charge in [0.15, 0.2) is 0 Å². The number of hydrogen-bond donors (Lipinski definition) is 2. The zero-order valence-electron chi connectivity index (χ0n) is 14.9. The third-order valence-corrected chi connectivity index (χ3v) is 4.59. The second kappa shape index (κ2) is 6.70. The number of phenols is 1. The number of fused-ring (bicyclic) bond motifs is 1. The highest BCUT2D eigenvalue weighted by Crippen LogP contribution is 2.27. The maximum Gasteiger partial charge on any atom is 0.261 e. The number of phenolic OH excluding ortho intramolecular Hbond substituents is 1. The molecule has 0 saturated heterocycles. The number of hydrogen-bond acceptors (Lipinski definition) is 5. The van der Waals surface area contributed by atoms with E-state index in [-0.39, 0.29) is 29.0 Å². The van der Waals surface area contributed by atoms with Gasteiger partial charge in [0, 0.05) is 11.3 Å². The third kappa shape index (κ3) is 3.03. The van der Waals surface area contributed by atoms with Crippen LogP contribution in [0, 0.1) is 6.92 Å². The summed E-state index contributed by atoms with van der Waals surface area (Å²) in [6, 6.07) is 12.4. The molecule has 2 heterocycles. The molecule has 28 heavy (non-hydrogen) atoms. The predicted molar refractivity (Wildman–Crippen MR) is 100 cm³/mol. The summed E-state index contributed by atoms with van der Waals surface area (Å²) in [5.41, 5.74) is 1.95. The molecule has 0 atom stereocenters. The summed E-state index contributed by atoms with van der Waals surface area (Å²) < 4.78 is 5.21. The van der Waals surface area contributed by atoms with Crippen molar-refractivity contribution < 1.29 is 23.9 Å². The molecule has 1 aromatic heterocycles. The zero-order chi connectivity index (χ0) is 19.8. The van der Waals surface area contributed by atoms with Gasteiger partial charge in [0.05, 0.1) is 23.9 Å².